The molecule has 0 saturated carbocycles. The number of nitrogens with zero attached hydrogens (tertiary/aromatic N) is 5. The van der Waals surface area contributed by atoms with E-state index in [1.165, 1.54) is 19.7 Å². The summed E-state index contributed by atoms with van der Waals surface area (Å²) in [5, 5.41) is 9.59. The average molecular weight is 821 g/mol. The van der Waals surface area contributed by atoms with Crippen molar-refractivity contribution < 1.29 is 27.4 Å². The van der Waals surface area contributed by atoms with Gasteiger partial charge in [-0.1, -0.05) is 41.9 Å². The summed E-state index contributed by atoms with van der Waals surface area (Å²) < 4.78 is 54.0. The van der Waals surface area contributed by atoms with Crippen molar-refractivity contribution >= 4 is 40.0 Å². The van der Waals surface area contributed by atoms with E-state index in [9.17, 15) is 27.6 Å². The Kier molecular flexibility index (Phi) is 11.3. The molecule has 8 rings (SSSR count). The van der Waals surface area contributed by atoms with Gasteiger partial charge in [0, 0.05) is 63.2 Å². The van der Waals surface area contributed by atoms with Gasteiger partial charge >= 0.3 is 17.9 Å². The maximum Gasteiger partial charge on any atom is 0.433 e. The number of alkyl halides is 3. The number of carbonyl (C=O) groups is 1. The van der Waals surface area contributed by atoms with Crippen LogP contribution in [0.15, 0.2) is 58.1 Å². The number of nitrogens with one attached hydrogen (secondary N) is 3. The number of methoxy groups -OCH3 is 2. The van der Waals surface area contributed by atoms with E-state index in [4.69, 9.17) is 26.1 Å². The highest BCUT2D eigenvalue weighted by atomic mass is 35.5. The summed E-state index contributed by atoms with van der Waals surface area (Å²) in [6.45, 7) is 5.78. The van der Waals surface area contributed by atoms with Gasteiger partial charge in [-0.25, -0.2) is 19.6 Å². The van der Waals surface area contributed by atoms with Gasteiger partial charge in [-0.2, -0.15) is 13.2 Å². The molecule has 1 spiro atoms. The fourth-order valence-corrected chi connectivity index (χ4v) is 8.28. The zero-order valence-corrected chi connectivity index (χ0v) is 33.5. The van der Waals surface area contributed by atoms with Crippen LogP contribution in [0.4, 0.5) is 29.5 Å². The van der Waals surface area contributed by atoms with Gasteiger partial charge in [-0.3, -0.25) is 13.9 Å². The molecule has 306 valence electrons. The smallest absolute Gasteiger partial charge is 0.433 e. The fraction of sp³-hybridized carbons (Fsp3) is 0.390. The minimum absolute atomic E-state index is 0.00910. The molecule has 1 unspecified atom stereocenters. The molecular weight excluding hydrogens is 777 g/mol. The molecule has 2 fully saturated rings. The minimum Gasteiger partial charge on any atom is -0.481 e. The summed E-state index contributed by atoms with van der Waals surface area (Å²) in [5.41, 5.74) is 3.19. The van der Waals surface area contributed by atoms with Gasteiger partial charge in [-0.05, 0) is 74.0 Å². The van der Waals surface area contributed by atoms with E-state index in [-0.39, 0.29) is 28.3 Å². The third-order valence-corrected chi connectivity index (χ3v) is 11.5. The second-order valence-corrected chi connectivity index (χ2v) is 15.2. The van der Waals surface area contributed by atoms with Gasteiger partial charge in [0.05, 0.1) is 35.5 Å². The molecule has 2 saturated heterocycles. The predicted octanol–water partition coefficient (Wildman–Crippen LogP) is 5.97. The first-order chi connectivity index (χ1) is 27.7. The van der Waals surface area contributed by atoms with Gasteiger partial charge < -0.3 is 30.3 Å². The molecule has 2 aromatic carbocycles. The lowest BCUT2D eigenvalue weighted by atomic mass is 9.96. The summed E-state index contributed by atoms with van der Waals surface area (Å²) >= 11 is 7.01. The maximum absolute atomic E-state index is 13.9. The van der Waals surface area contributed by atoms with Crippen molar-refractivity contribution in [2.75, 3.05) is 52.3 Å². The summed E-state index contributed by atoms with van der Waals surface area (Å²) in [4.78, 5) is 47.6. The zero-order chi connectivity index (χ0) is 41.5. The van der Waals surface area contributed by atoms with E-state index in [0.717, 1.165) is 60.0 Å². The highest BCUT2D eigenvalue weighted by molar-refractivity contribution is 6.36. The number of amides is 2. The van der Waals surface area contributed by atoms with Crippen LogP contribution in [0, 0.1) is 6.92 Å². The van der Waals surface area contributed by atoms with Crippen LogP contribution in [0.25, 0.3) is 33.3 Å². The van der Waals surface area contributed by atoms with Crippen LogP contribution >= 0.6 is 11.6 Å². The molecule has 58 heavy (non-hydrogen) atoms. The quantitative estimate of drug-likeness (QED) is 0.173. The van der Waals surface area contributed by atoms with E-state index in [1.807, 2.05) is 35.2 Å². The summed E-state index contributed by atoms with van der Waals surface area (Å²) in [6.07, 6.45) is -0.914. The maximum atomic E-state index is 13.9. The Balaban J connectivity index is 0.000000307. The average Bonchev–Trinajstić information content (AvgIpc) is 3.95. The van der Waals surface area contributed by atoms with E-state index >= 15 is 0 Å². The largest absolute Gasteiger partial charge is 0.481 e. The Bertz CT molecular complexity index is 2530. The van der Waals surface area contributed by atoms with Crippen LogP contribution in [-0.4, -0.2) is 82.6 Å². The third kappa shape index (κ3) is 7.63. The zero-order valence-electron chi connectivity index (χ0n) is 32.8. The monoisotopic (exact) mass is 820 g/mol. The Labute approximate surface area is 337 Å². The molecule has 3 aromatic heterocycles. The Morgan fingerprint density at radius 1 is 0.983 bits per heavy atom. The van der Waals surface area contributed by atoms with Gasteiger partial charge in [0.2, 0.25) is 5.88 Å². The number of anilines is 2. The summed E-state index contributed by atoms with van der Waals surface area (Å²) in [7, 11) is 5.82. The number of aryl methyl sites for hydroxylation is 2. The number of rotatable bonds is 8. The Hall–Kier alpha value is -5.45. The van der Waals surface area contributed by atoms with Crippen LogP contribution in [-0.2, 0) is 37.9 Å². The molecule has 2 aliphatic heterocycles. The van der Waals surface area contributed by atoms with Crippen LogP contribution in [0.1, 0.15) is 35.2 Å². The van der Waals surface area contributed by atoms with Gasteiger partial charge in [0.15, 0.2) is 0 Å². The first-order valence-corrected chi connectivity index (χ1v) is 19.2. The fourth-order valence-electron chi connectivity index (χ4n) is 7.96. The van der Waals surface area contributed by atoms with Crippen molar-refractivity contribution in [1.29, 1.82) is 0 Å². The standard InChI is InChI=1S/C32H27ClF3N5O3.C9H17N3O2/c1-16-18(20-11-6-12-21(27(20)33)23-14-17-8-5-10-19(17)29(38-23)44-4)9-7-13-22(16)37-28-26-24(15-25(39-28)32(34,35)36)40(2)31(43)41(3)30(26)42;1-14-5-4-12-7-9(11-8(12)13)2-3-10-6-9/h6-7,9,11-15H,5,8,10H2,1-4H3,(H,37,39);10H,2-7H2,1H3,(H,11,13). The summed E-state index contributed by atoms with van der Waals surface area (Å²) in [6, 6.07) is 13.6. The van der Waals surface area contributed by atoms with Crippen molar-refractivity contribution in [2.45, 2.75) is 44.3 Å². The Morgan fingerprint density at radius 3 is 2.43 bits per heavy atom. The topological polar surface area (TPSA) is 145 Å². The number of halogens is 4. The number of aromatic nitrogens is 4. The number of pyridine rings is 2. The molecule has 0 bridgehead atoms. The van der Waals surface area contributed by atoms with Crippen molar-refractivity contribution in [2.24, 2.45) is 14.1 Å². The first-order valence-electron chi connectivity index (χ1n) is 18.8. The predicted molar refractivity (Wildman–Crippen MR) is 216 cm³/mol. The van der Waals surface area contributed by atoms with E-state index in [2.05, 4.69) is 20.9 Å². The lowest BCUT2D eigenvalue weighted by molar-refractivity contribution is -0.141. The molecule has 1 atom stereocenters. The SMILES string of the molecule is COCCN1CC2(CCNC2)NC1=O.COc1nc(-c2cccc(-c3cccc(Nc4nc(C(F)(F)F)cc5c4c(=O)n(C)c(=O)n5C)c3C)c2Cl)cc2c1CCC2. The van der Waals surface area contributed by atoms with E-state index < -0.39 is 23.1 Å². The van der Waals surface area contributed by atoms with Crippen LogP contribution in [0.3, 0.4) is 0 Å². The molecule has 2 amide bonds. The molecule has 5 aromatic rings. The molecular formula is C41H44ClF3N8O5. The molecule has 5 heterocycles. The van der Waals surface area contributed by atoms with Crippen molar-refractivity contribution in [3.8, 4) is 28.3 Å². The van der Waals surface area contributed by atoms with Crippen LogP contribution < -0.4 is 31.9 Å². The number of carbonyl (C=O) groups excluding carboxylic acids is 1. The van der Waals surface area contributed by atoms with Crippen molar-refractivity contribution in [3.05, 3.63) is 96.8 Å². The molecule has 0 radical (unpaired) electrons. The third-order valence-electron chi connectivity index (χ3n) is 11.1. The number of hydrogen-bond acceptors (Lipinski definition) is 9. The van der Waals surface area contributed by atoms with Crippen molar-refractivity contribution in [1.82, 2.24) is 34.6 Å². The second-order valence-electron chi connectivity index (χ2n) is 14.8. The minimum atomic E-state index is -4.82. The number of urea groups is 1. The molecule has 3 aliphatic rings. The highest BCUT2D eigenvalue weighted by Gasteiger charge is 2.44. The van der Waals surface area contributed by atoms with Gasteiger partial charge in [0.25, 0.3) is 5.56 Å². The number of fused-ring (bicyclic) bond motifs is 2. The van der Waals surface area contributed by atoms with E-state index in [1.54, 1.807) is 33.3 Å². The van der Waals surface area contributed by atoms with Crippen molar-refractivity contribution in [3.63, 3.8) is 0 Å². The lowest BCUT2D eigenvalue weighted by Crippen LogP contribution is -2.45. The number of ether oxygens (including phenoxy) is 2. The molecule has 1 aliphatic carbocycles. The number of hydrogen-bond donors (Lipinski definition) is 3. The molecule has 17 heteroatoms. The van der Waals surface area contributed by atoms with Crippen LogP contribution in [0.5, 0.6) is 5.88 Å². The van der Waals surface area contributed by atoms with Gasteiger partial charge in [-0.15, -0.1) is 0 Å². The molecule has 3 N–H and O–H groups in total. The lowest BCUT2D eigenvalue weighted by Gasteiger charge is -2.21. The Morgan fingerprint density at radius 2 is 1.72 bits per heavy atom. The van der Waals surface area contributed by atoms with Crippen LogP contribution in [0.2, 0.25) is 5.02 Å². The highest BCUT2D eigenvalue weighted by Crippen LogP contribution is 2.41. The van der Waals surface area contributed by atoms with Gasteiger partial charge in [0.1, 0.15) is 16.9 Å². The summed E-state index contributed by atoms with van der Waals surface area (Å²) in [5.74, 6) is 0.267. The number of benzene rings is 2. The van der Waals surface area contributed by atoms with E-state index in [0.29, 0.717) is 63.8 Å². The first kappa shape index (κ1) is 40.7. The molecule has 13 nitrogen and oxygen atoms in total. The second kappa shape index (κ2) is 16.1. The normalized spacial score (nSPS) is 17.4.